The molecule has 0 unspecified atom stereocenters. The third kappa shape index (κ3) is 7.71. The summed E-state index contributed by atoms with van der Waals surface area (Å²) >= 11 is 0. The molecule has 2 amide bonds. The Morgan fingerprint density at radius 1 is 1.08 bits per heavy atom. The molecular formula is C33H56N4O11. The number of ketones is 2. The largest absolute Gasteiger partial charge is 0.457 e. The lowest BCUT2D eigenvalue weighted by Gasteiger charge is -2.47. The molecule has 3 aliphatic rings. The lowest BCUT2D eigenvalue weighted by molar-refractivity contribution is -0.295. The van der Waals surface area contributed by atoms with E-state index >= 15 is 0 Å². The summed E-state index contributed by atoms with van der Waals surface area (Å²) in [5.41, 5.74) is 5.04. The van der Waals surface area contributed by atoms with Crippen molar-refractivity contribution in [3.8, 4) is 0 Å². The van der Waals surface area contributed by atoms with Gasteiger partial charge in [-0.05, 0) is 61.1 Å². The summed E-state index contributed by atoms with van der Waals surface area (Å²) in [6, 6.07) is -1.41. The summed E-state index contributed by atoms with van der Waals surface area (Å²) in [6.45, 7) is 12.8. The lowest BCUT2D eigenvalue weighted by Crippen LogP contribution is -2.62. The minimum atomic E-state index is -1.60. The van der Waals surface area contributed by atoms with E-state index in [-0.39, 0.29) is 30.8 Å². The number of ether oxygens (including phenoxy) is 5. The van der Waals surface area contributed by atoms with E-state index in [1.807, 2.05) is 25.9 Å². The van der Waals surface area contributed by atoms with Crippen LogP contribution in [0.15, 0.2) is 0 Å². The Morgan fingerprint density at radius 2 is 1.71 bits per heavy atom. The molecule has 15 nitrogen and oxygen atoms in total. The number of nitrogens with zero attached hydrogens (tertiary/aromatic N) is 2. The number of likely N-dealkylation sites (N-methyl/N-ethyl adjacent to an activating group) is 1. The fourth-order valence-corrected chi connectivity index (χ4v) is 7.67. The number of esters is 1. The van der Waals surface area contributed by atoms with Gasteiger partial charge in [0.15, 0.2) is 17.7 Å². The molecule has 3 saturated heterocycles. The number of fused-ring (bicyclic) bond motifs is 1. The molecule has 3 fully saturated rings. The van der Waals surface area contributed by atoms with Gasteiger partial charge >= 0.3 is 12.1 Å². The molecule has 0 bridgehead atoms. The fourth-order valence-electron chi connectivity index (χ4n) is 7.67. The van der Waals surface area contributed by atoms with Crippen LogP contribution in [0, 0.1) is 23.7 Å². The minimum Gasteiger partial charge on any atom is -0.457 e. The number of amides is 2. The average Bonchev–Trinajstić information content (AvgIpc) is 3.29. The van der Waals surface area contributed by atoms with Crippen molar-refractivity contribution in [2.75, 3.05) is 27.7 Å². The van der Waals surface area contributed by atoms with Gasteiger partial charge in [0.1, 0.15) is 30.0 Å². The summed E-state index contributed by atoms with van der Waals surface area (Å²) in [6.07, 6.45) is -4.87. The number of hydrogen-bond acceptors (Lipinski definition) is 13. The van der Waals surface area contributed by atoms with Gasteiger partial charge in [-0.2, -0.15) is 0 Å². The van der Waals surface area contributed by atoms with Crippen LogP contribution in [0.2, 0.25) is 0 Å². The second kappa shape index (κ2) is 15.5. The Balaban J connectivity index is 2.15. The molecule has 3 aliphatic heterocycles. The Bertz CT molecular complexity index is 1220. The number of Topliss-reactive ketones (excluding diaryl/α,β-unsaturated/α-hetero) is 2. The number of cyclic esters (lactones) is 1. The fraction of sp³-hybridized carbons (Fsp3) is 0.848. The van der Waals surface area contributed by atoms with Crippen LogP contribution >= 0.6 is 0 Å². The van der Waals surface area contributed by atoms with Gasteiger partial charge in [-0.1, -0.05) is 27.7 Å². The van der Waals surface area contributed by atoms with Crippen molar-refractivity contribution >= 4 is 29.5 Å². The second-order valence-corrected chi connectivity index (χ2v) is 14.3. The first-order valence-electron chi connectivity index (χ1n) is 16.8. The molecule has 0 aromatic carbocycles. The van der Waals surface area contributed by atoms with Gasteiger partial charge in [-0.3, -0.25) is 24.6 Å². The van der Waals surface area contributed by atoms with E-state index in [1.165, 1.54) is 14.0 Å². The Morgan fingerprint density at radius 3 is 2.25 bits per heavy atom. The Hall–Kier alpha value is -2.69. The Kier molecular flexibility index (Phi) is 12.8. The standard InChI is InChI=1S/C33H56N4O11/c1-12-22-33(8)27(37(31(43)48-33)35-23(38)15-34)18(4)24(39)16(2)14-32(7,44-11)28(19(5)25(40)20(6)29(42)46-22)47-30-26(41)21(36(9)10)13-17(3)45-30/h16-22,26-28,30,41H,12-15,34H2,1-11H3,(H,35,38)/t16-,17-,18-,19+,20-,21+,22+,26-,27-,28-,30+,32-,33-/m1/s1. The highest BCUT2D eigenvalue weighted by molar-refractivity contribution is 6.00. The van der Waals surface area contributed by atoms with Crippen LogP contribution in [0.25, 0.3) is 0 Å². The number of nitrogens with two attached hydrogens (primary N) is 1. The normalized spacial score (nSPS) is 41.8. The number of methoxy groups -OCH3 is 1. The molecule has 0 saturated carbocycles. The van der Waals surface area contributed by atoms with Crippen molar-refractivity contribution in [2.24, 2.45) is 29.4 Å². The van der Waals surface area contributed by atoms with Gasteiger partial charge in [0.2, 0.25) is 0 Å². The molecule has 3 heterocycles. The summed E-state index contributed by atoms with van der Waals surface area (Å²) in [5, 5.41) is 12.2. The zero-order valence-electron chi connectivity index (χ0n) is 30.2. The van der Waals surface area contributed by atoms with Gasteiger partial charge in [0.05, 0.1) is 24.4 Å². The van der Waals surface area contributed by atoms with Gasteiger partial charge in [-0.25, -0.2) is 9.80 Å². The predicted molar refractivity (Wildman–Crippen MR) is 172 cm³/mol. The number of hydrazine groups is 1. The molecule has 274 valence electrons. The number of hydrogen-bond donors (Lipinski definition) is 3. The van der Waals surface area contributed by atoms with Gasteiger partial charge in [-0.15, -0.1) is 0 Å². The van der Waals surface area contributed by atoms with Crippen LogP contribution in [-0.4, -0.2) is 126 Å². The van der Waals surface area contributed by atoms with Crippen LogP contribution in [0.1, 0.15) is 74.7 Å². The second-order valence-electron chi connectivity index (χ2n) is 14.3. The van der Waals surface area contributed by atoms with Crippen LogP contribution in [0.3, 0.4) is 0 Å². The number of rotatable bonds is 7. The maximum absolute atomic E-state index is 14.3. The molecule has 15 heteroatoms. The average molecular weight is 685 g/mol. The SMILES string of the molecule is CC[C@@H]1OC(=O)[C@H](C)C(=O)[C@H](C)[C@@H](O[C@@H]2O[C@H](C)C[C@H](N(C)C)[C@H]2O)[C@](C)(OC)C[C@@H](C)C(=O)[C@@H](C)[C@H]2N(NC(=O)CN)C(=O)O[C@]12C. The number of carbonyl (C=O) groups is 5. The number of carbonyl (C=O) groups excluding carboxylic acids is 5. The molecule has 0 spiro atoms. The van der Waals surface area contributed by atoms with Crippen LogP contribution < -0.4 is 11.2 Å². The summed E-state index contributed by atoms with van der Waals surface area (Å²) in [5.74, 6) is -6.33. The number of aliphatic hydroxyl groups excluding tert-OH is 1. The zero-order chi connectivity index (χ0) is 36.5. The van der Waals surface area contributed by atoms with Crippen LogP contribution in [-0.2, 0) is 42.9 Å². The molecule has 0 radical (unpaired) electrons. The molecule has 4 N–H and O–H groups in total. The number of nitrogens with one attached hydrogen (secondary N) is 1. The van der Waals surface area contributed by atoms with E-state index in [9.17, 15) is 29.1 Å². The molecular weight excluding hydrogens is 628 g/mol. The monoisotopic (exact) mass is 684 g/mol. The van der Waals surface area contributed by atoms with Crippen molar-refractivity contribution in [1.29, 1.82) is 0 Å². The lowest BCUT2D eigenvalue weighted by atomic mass is 9.73. The third-order valence-corrected chi connectivity index (χ3v) is 10.5. The minimum absolute atomic E-state index is 0.0495. The topological polar surface area (TPSA) is 196 Å². The maximum atomic E-state index is 14.3. The highest BCUT2D eigenvalue weighted by atomic mass is 16.7. The quantitative estimate of drug-likeness (QED) is 0.256. The van der Waals surface area contributed by atoms with Crippen LogP contribution in [0.5, 0.6) is 0 Å². The highest BCUT2D eigenvalue weighted by Gasteiger charge is 2.61. The van der Waals surface area contributed by atoms with Gasteiger partial charge in [0.25, 0.3) is 5.91 Å². The smallest absolute Gasteiger partial charge is 0.429 e. The van der Waals surface area contributed by atoms with E-state index in [4.69, 9.17) is 29.4 Å². The first-order chi connectivity index (χ1) is 22.3. The van der Waals surface area contributed by atoms with Crippen LogP contribution in [0.4, 0.5) is 4.79 Å². The summed E-state index contributed by atoms with van der Waals surface area (Å²) in [7, 11) is 5.13. The maximum Gasteiger partial charge on any atom is 0.429 e. The van der Waals surface area contributed by atoms with Gasteiger partial charge in [0, 0.05) is 30.9 Å². The first kappa shape index (κ1) is 39.7. The summed E-state index contributed by atoms with van der Waals surface area (Å²) < 4.78 is 30.3. The van der Waals surface area contributed by atoms with Crippen molar-refractivity contribution in [1.82, 2.24) is 15.3 Å². The van der Waals surface area contributed by atoms with E-state index in [0.29, 0.717) is 6.42 Å². The molecule has 3 rings (SSSR count). The molecule has 13 atom stereocenters. The van der Waals surface area contributed by atoms with Crippen molar-refractivity contribution in [3.05, 3.63) is 0 Å². The molecule has 48 heavy (non-hydrogen) atoms. The van der Waals surface area contributed by atoms with E-state index in [2.05, 4.69) is 5.43 Å². The molecule has 0 aliphatic carbocycles. The van der Waals surface area contributed by atoms with Crippen molar-refractivity contribution < 1.29 is 52.8 Å². The highest BCUT2D eigenvalue weighted by Crippen LogP contribution is 2.42. The number of aliphatic hydroxyl groups is 1. The van der Waals surface area contributed by atoms with Crippen molar-refractivity contribution in [2.45, 2.75) is 129 Å². The zero-order valence-corrected chi connectivity index (χ0v) is 30.2. The first-order valence-corrected chi connectivity index (χ1v) is 16.8. The Labute approximate surface area is 283 Å². The molecule has 0 aromatic rings. The molecule has 0 aromatic heterocycles. The third-order valence-electron chi connectivity index (χ3n) is 10.5. The van der Waals surface area contributed by atoms with E-state index in [1.54, 1.807) is 41.5 Å². The van der Waals surface area contributed by atoms with E-state index < -0.39 is 95.8 Å². The van der Waals surface area contributed by atoms with Crippen molar-refractivity contribution in [3.63, 3.8) is 0 Å². The predicted octanol–water partition coefficient (Wildman–Crippen LogP) is 1.18. The van der Waals surface area contributed by atoms with E-state index in [0.717, 1.165) is 5.01 Å². The summed E-state index contributed by atoms with van der Waals surface area (Å²) in [4.78, 5) is 69.6. The van der Waals surface area contributed by atoms with Gasteiger partial charge < -0.3 is 39.4 Å².